The minimum atomic E-state index is -0.466. The number of carbonyl (C=O) groups is 1. The zero-order valence-corrected chi connectivity index (χ0v) is 32.1. The second-order valence-corrected chi connectivity index (χ2v) is 10.6. The Morgan fingerprint density at radius 1 is 0.444 bits per heavy atom. The summed E-state index contributed by atoms with van der Waals surface area (Å²) in [5.74, 6) is 0. The molecule has 0 fully saturated rings. The van der Waals surface area contributed by atoms with Crippen LogP contribution in [0.4, 0.5) is 4.79 Å². The summed E-state index contributed by atoms with van der Waals surface area (Å²) >= 11 is 0. The third-order valence-corrected chi connectivity index (χ3v) is 6.18. The predicted molar refractivity (Wildman–Crippen MR) is 198 cm³/mol. The number of hydrogen-bond acceptors (Lipinski definition) is 17. The topological polar surface area (TPSA) is 216 Å². The molecule has 0 aromatic heterocycles. The lowest BCUT2D eigenvalue weighted by atomic mass is 10.2. The van der Waals surface area contributed by atoms with Crippen LogP contribution in [0.25, 0.3) is 0 Å². The van der Waals surface area contributed by atoms with Crippen molar-refractivity contribution in [3.05, 3.63) is 35.9 Å². The third kappa shape index (κ3) is 44.3. The van der Waals surface area contributed by atoms with Gasteiger partial charge >= 0.3 is 6.09 Å². The Hall–Kier alpha value is -2.11. The molecular formula is C36H68N2O16. The average molecular weight is 785 g/mol. The monoisotopic (exact) mass is 784 g/mol. The van der Waals surface area contributed by atoms with Crippen LogP contribution in [0.1, 0.15) is 5.56 Å². The van der Waals surface area contributed by atoms with Crippen molar-refractivity contribution in [2.45, 2.75) is 6.61 Å². The van der Waals surface area contributed by atoms with Crippen LogP contribution in [-0.2, 0) is 68.2 Å². The Labute approximate surface area is 321 Å². The van der Waals surface area contributed by atoms with Gasteiger partial charge in [-0.3, -0.25) is 0 Å². The highest BCUT2D eigenvalue weighted by molar-refractivity contribution is 5.67. The molecule has 0 atom stereocenters. The molecule has 0 saturated carbocycles. The zero-order chi connectivity index (χ0) is 39.1. The highest BCUT2D eigenvalue weighted by Crippen LogP contribution is 2.00. The summed E-state index contributed by atoms with van der Waals surface area (Å²) in [4.78, 5) is 11.6. The first kappa shape index (κ1) is 51.9. The van der Waals surface area contributed by atoms with Gasteiger partial charge in [0.05, 0.1) is 172 Å². The van der Waals surface area contributed by atoms with E-state index in [1.165, 1.54) is 0 Å². The van der Waals surface area contributed by atoms with Gasteiger partial charge in [-0.25, -0.2) is 4.79 Å². The molecule has 0 saturated heterocycles. The van der Waals surface area contributed by atoms with Crippen LogP contribution in [0.15, 0.2) is 30.3 Å². The fraction of sp³-hybridized carbons (Fsp3) is 0.806. The molecule has 0 bridgehead atoms. The quantitative estimate of drug-likeness (QED) is 0.0645. The molecule has 0 aliphatic carbocycles. The van der Waals surface area contributed by atoms with E-state index in [1.807, 2.05) is 30.3 Å². The number of nitrogens with two attached hydrogens (primary N) is 1. The number of amides is 1. The molecule has 54 heavy (non-hydrogen) atoms. The van der Waals surface area contributed by atoms with Gasteiger partial charge in [0.15, 0.2) is 0 Å². The van der Waals surface area contributed by atoms with Gasteiger partial charge in [0, 0.05) is 13.1 Å². The van der Waals surface area contributed by atoms with Crippen molar-refractivity contribution in [1.29, 1.82) is 0 Å². The molecule has 18 nitrogen and oxygen atoms in total. The molecule has 1 aromatic rings. The Balaban J connectivity index is 0.00000112. The lowest BCUT2D eigenvalue weighted by molar-refractivity contribution is -0.0180. The standard InChI is InChI=1S/C22H37NO9.C14H31NO7/c24-7-9-27-11-13-29-15-17-31-19-18-30-16-14-28-12-10-26-8-6-23-22(25)32-20-21-4-2-1-3-5-21;15-1-3-17-5-7-19-9-11-21-13-14-22-12-10-20-8-6-18-4-2-16/h1-5,24H,6-20H2,(H,23,25);16H,1-15H2. The first-order chi connectivity index (χ1) is 26.7. The lowest BCUT2D eigenvalue weighted by Gasteiger charge is -2.09. The fourth-order valence-corrected chi connectivity index (χ4v) is 3.62. The van der Waals surface area contributed by atoms with Crippen molar-refractivity contribution in [2.75, 3.05) is 185 Å². The smallest absolute Gasteiger partial charge is 0.407 e. The Kier molecular flexibility index (Phi) is 45.2. The molecule has 1 aromatic carbocycles. The van der Waals surface area contributed by atoms with Gasteiger partial charge in [-0.2, -0.15) is 0 Å². The van der Waals surface area contributed by atoms with Crippen LogP contribution in [-0.4, -0.2) is 201 Å². The largest absolute Gasteiger partial charge is 0.445 e. The first-order valence-corrected chi connectivity index (χ1v) is 18.5. The van der Waals surface area contributed by atoms with Gasteiger partial charge in [0.2, 0.25) is 0 Å². The number of ether oxygens (including phenoxy) is 13. The summed E-state index contributed by atoms with van der Waals surface area (Å²) in [7, 11) is 0. The highest BCUT2D eigenvalue weighted by atomic mass is 16.6. The van der Waals surface area contributed by atoms with E-state index in [0.29, 0.717) is 172 Å². The maximum Gasteiger partial charge on any atom is 0.407 e. The minimum Gasteiger partial charge on any atom is -0.445 e. The number of hydrogen-bond donors (Lipinski definition) is 4. The van der Waals surface area contributed by atoms with E-state index >= 15 is 0 Å². The predicted octanol–water partition coefficient (Wildman–Crippen LogP) is 0.0417. The molecular weight excluding hydrogens is 716 g/mol. The number of aliphatic hydroxyl groups is 2. The molecule has 1 rings (SSSR count). The maximum atomic E-state index is 11.6. The molecule has 5 N–H and O–H groups in total. The molecule has 0 aliphatic heterocycles. The summed E-state index contributed by atoms with van der Waals surface area (Å²) in [5.41, 5.74) is 6.22. The van der Waals surface area contributed by atoms with Crippen molar-refractivity contribution in [3.63, 3.8) is 0 Å². The molecule has 0 spiro atoms. The van der Waals surface area contributed by atoms with E-state index in [9.17, 15) is 4.79 Å². The SMILES string of the molecule is NCCOCCOCCOCCOCCOCCOCCO.O=C(NCCOCCOCCOCCOCCOCCOCCO)OCc1ccccc1. The van der Waals surface area contributed by atoms with E-state index in [2.05, 4.69) is 5.32 Å². The van der Waals surface area contributed by atoms with E-state index in [4.69, 9.17) is 77.5 Å². The second-order valence-electron chi connectivity index (χ2n) is 10.6. The third-order valence-electron chi connectivity index (χ3n) is 6.18. The van der Waals surface area contributed by atoms with Crippen molar-refractivity contribution in [2.24, 2.45) is 5.73 Å². The molecule has 1 amide bonds. The number of benzene rings is 1. The average Bonchev–Trinajstić information content (AvgIpc) is 3.19. The number of rotatable bonds is 41. The minimum absolute atomic E-state index is 0.0230. The van der Waals surface area contributed by atoms with E-state index < -0.39 is 6.09 Å². The Morgan fingerprint density at radius 3 is 1.06 bits per heavy atom. The number of carbonyl (C=O) groups excluding carboxylic acids is 1. The van der Waals surface area contributed by atoms with Crippen molar-refractivity contribution in [3.8, 4) is 0 Å². The van der Waals surface area contributed by atoms with Crippen LogP contribution >= 0.6 is 0 Å². The summed E-state index contributed by atoms with van der Waals surface area (Å²) in [6, 6.07) is 9.50. The zero-order valence-electron chi connectivity index (χ0n) is 32.1. The van der Waals surface area contributed by atoms with Gasteiger partial charge in [0.25, 0.3) is 0 Å². The highest BCUT2D eigenvalue weighted by Gasteiger charge is 2.02. The number of nitrogens with one attached hydrogen (secondary N) is 1. The lowest BCUT2D eigenvalue weighted by Crippen LogP contribution is -2.28. The normalized spacial score (nSPS) is 11.0. The maximum absolute atomic E-state index is 11.6. The van der Waals surface area contributed by atoms with Gasteiger partial charge in [0.1, 0.15) is 6.61 Å². The summed E-state index contributed by atoms with van der Waals surface area (Å²) < 4.78 is 68.4. The van der Waals surface area contributed by atoms with E-state index in [-0.39, 0.29) is 19.8 Å². The van der Waals surface area contributed by atoms with Crippen LogP contribution in [0.3, 0.4) is 0 Å². The van der Waals surface area contributed by atoms with Crippen molar-refractivity contribution >= 4 is 6.09 Å². The van der Waals surface area contributed by atoms with Crippen LogP contribution in [0, 0.1) is 0 Å². The molecule has 0 radical (unpaired) electrons. The molecule has 18 heteroatoms. The first-order valence-electron chi connectivity index (χ1n) is 18.5. The van der Waals surface area contributed by atoms with Gasteiger partial charge in [-0.15, -0.1) is 0 Å². The summed E-state index contributed by atoms with van der Waals surface area (Å²) in [6.45, 7) is 12.9. The molecule has 0 heterocycles. The second kappa shape index (κ2) is 47.0. The fourth-order valence-electron chi connectivity index (χ4n) is 3.62. The summed E-state index contributed by atoms with van der Waals surface area (Å²) in [5, 5.41) is 19.7. The number of aliphatic hydroxyl groups excluding tert-OH is 2. The van der Waals surface area contributed by atoms with Crippen LogP contribution < -0.4 is 11.1 Å². The van der Waals surface area contributed by atoms with Gasteiger partial charge < -0.3 is 82.8 Å². The van der Waals surface area contributed by atoms with E-state index in [0.717, 1.165) is 5.56 Å². The van der Waals surface area contributed by atoms with Crippen molar-refractivity contribution < 1.29 is 76.6 Å². The Bertz CT molecular complexity index is 830. The van der Waals surface area contributed by atoms with Crippen molar-refractivity contribution in [1.82, 2.24) is 5.32 Å². The molecule has 0 aliphatic rings. The molecule has 0 unspecified atom stereocenters. The summed E-state index contributed by atoms with van der Waals surface area (Å²) in [6.07, 6.45) is -0.466. The van der Waals surface area contributed by atoms with Gasteiger partial charge in [-0.05, 0) is 5.56 Å². The van der Waals surface area contributed by atoms with E-state index in [1.54, 1.807) is 0 Å². The van der Waals surface area contributed by atoms with Gasteiger partial charge in [-0.1, -0.05) is 30.3 Å². The Morgan fingerprint density at radius 2 is 0.741 bits per heavy atom. The van der Waals surface area contributed by atoms with Crippen LogP contribution in [0.2, 0.25) is 0 Å². The molecule has 318 valence electrons. The number of alkyl carbamates (subject to hydrolysis) is 1. The van der Waals surface area contributed by atoms with Crippen LogP contribution in [0.5, 0.6) is 0 Å².